The zero-order chi connectivity index (χ0) is 10.4. The Bertz CT molecular complexity index is 303. The van der Waals surface area contributed by atoms with Crippen molar-refractivity contribution in [3.8, 4) is 0 Å². The van der Waals surface area contributed by atoms with Crippen LogP contribution >= 0.6 is 35.0 Å². The molecule has 1 amide bonds. The van der Waals surface area contributed by atoms with E-state index in [0.717, 1.165) is 10.1 Å². The molecule has 0 aliphatic carbocycles. The molecule has 0 heterocycles. The maximum absolute atomic E-state index is 11.5. The summed E-state index contributed by atoms with van der Waals surface area (Å²) in [7, 11) is 1.86. The van der Waals surface area contributed by atoms with Gasteiger partial charge in [-0.3, -0.25) is 4.79 Å². The van der Waals surface area contributed by atoms with Gasteiger partial charge in [-0.2, -0.15) is 0 Å². The minimum atomic E-state index is -0.0170. The van der Waals surface area contributed by atoms with Crippen LogP contribution in [-0.4, -0.2) is 26.0 Å². The number of carbonyl (C=O) groups excluding carboxylic acids is 1. The summed E-state index contributed by atoms with van der Waals surface area (Å²) in [6.07, 6.45) is 0. The Morgan fingerprint density at radius 3 is 2.40 bits per heavy atom. The van der Waals surface area contributed by atoms with Crippen molar-refractivity contribution in [2.75, 3.05) is 20.1 Å². The van der Waals surface area contributed by atoms with Gasteiger partial charge in [0.15, 0.2) is 0 Å². The van der Waals surface area contributed by atoms with E-state index >= 15 is 0 Å². The van der Waals surface area contributed by atoms with E-state index in [9.17, 15) is 4.79 Å². The van der Waals surface area contributed by atoms with Gasteiger partial charge in [0.2, 0.25) is 0 Å². The highest BCUT2D eigenvalue weighted by molar-refractivity contribution is 14.1. The lowest BCUT2D eigenvalue weighted by molar-refractivity contribution is 0.0954. The third-order valence-electron chi connectivity index (χ3n) is 1.77. The first-order valence-corrected chi connectivity index (χ1v) is 5.50. The highest BCUT2D eigenvalue weighted by Crippen LogP contribution is 2.06. The molecule has 0 unspecified atom stereocenters. The molecule has 0 aliphatic heterocycles. The highest BCUT2D eigenvalue weighted by Gasteiger charge is 2.02. The number of likely N-dealkylation sites (N-methyl/N-ethyl adjacent to an activating group) is 1. The van der Waals surface area contributed by atoms with Crippen molar-refractivity contribution in [1.29, 1.82) is 0 Å². The Morgan fingerprint density at radius 1 is 1.27 bits per heavy atom. The van der Waals surface area contributed by atoms with Gasteiger partial charge in [0.1, 0.15) is 0 Å². The predicted octanol–water partition coefficient (Wildman–Crippen LogP) is 1.66. The number of hydrogen-bond donors (Lipinski definition) is 2. The van der Waals surface area contributed by atoms with Crippen molar-refractivity contribution in [1.82, 2.24) is 10.6 Å². The summed E-state index contributed by atoms with van der Waals surface area (Å²) in [5, 5.41) is 5.78. The summed E-state index contributed by atoms with van der Waals surface area (Å²) >= 11 is 2.21. The van der Waals surface area contributed by atoms with Crippen LogP contribution in [0.3, 0.4) is 0 Å². The SMILES string of the molecule is CNCCNC(=O)c1ccc(I)cc1.Cl. The molecule has 15 heavy (non-hydrogen) atoms. The lowest BCUT2D eigenvalue weighted by atomic mass is 10.2. The van der Waals surface area contributed by atoms with Crippen LogP contribution in [0.15, 0.2) is 24.3 Å². The van der Waals surface area contributed by atoms with Crippen molar-refractivity contribution in [3.63, 3.8) is 0 Å². The molecule has 0 fully saturated rings. The smallest absolute Gasteiger partial charge is 0.251 e. The molecule has 5 heteroatoms. The molecule has 84 valence electrons. The Morgan fingerprint density at radius 2 is 1.87 bits per heavy atom. The fourth-order valence-corrected chi connectivity index (χ4v) is 1.36. The summed E-state index contributed by atoms with van der Waals surface area (Å²) in [5.41, 5.74) is 0.710. The lowest BCUT2D eigenvalue weighted by Crippen LogP contribution is -2.30. The fraction of sp³-hybridized carbons (Fsp3) is 0.300. The van der Waals surface area contributed by atoms with Crippen molar-refractivity contribution in [3.05, 3.63) is 33.4 Å². The summed E-state index contributed by atoms with van der Waals surface area (Å²) < 4.78 is 1.13. The van der Waals surface area contributed by atoms with E-state index in [-0.39, 0.29) is 18.3 Å². The average Bonchev–Trinajstić information content (AvgIpc) is 2.19. The Hall–Kier alpha value is -0.330. The van der Waals surface area contributed by atoms with E-state index in [1.165, 1.54) is 0 Å². The van der Waals surface area contributed by atoms with Crippen molar-refractivity contribution >= 4 is 40.9 Å². The van der Waals surface area contributed by atoms with Crippen LogP contribution in [0.1, 0.15) is 10.4 Å². The van der Waals surface area contributed by atoms with Crippen LogP contribution in [0.25, 0.3) is 0 Å². The zero-order valence-electron chi connectivity index (χ0n) is 8.42. The van der Waals surface area contributed by atoms with Crippen LogP contribution in [0.2, 0.25) is 0 Å². The van der Waals surface area contributed by atoms with Crippen LogP contribution < -0.4 is 10.6 Å². The third kappa shape index (κ3) is 5.34. The number of benzene rings is 1. The van der Waals surface area contributed by atoms with E-state index in [2.05, 4.69) is 33.2 Å². The second-order valence-corrected chi connectivity index (χ2v) is 4.11. The predicted molar refractivity (Wildman–Crippen MR) is 72.7 cm³/mol. The Balaban J connectivity index is 0.00000196. The quantitative estimate of drug-likeness (QED) is 0.646. The molecule has 0 aromatic heterocycles. The molecule has 3 nitrogen and oxygen atoms in total. The Labute approximate surface area is 110 Å². The van der Waals surface area contributed by atoms with Crippen molar-refractivity contribution < 1.29 is 4.79 Å². The van der Waals surface area contributed by atoms with Crippen molar-refractivity contribution in [2.24, 2.45) is 0 Å². The first-order valence-electron chi connectivity index (χ1n) is 4.42. The molecular formula is C10H14ClIN2O. The van der Waals surface area contributed by atoms with Crippen LogP contribution in [0.4, 0.5) is 0 Å². The molecule has 0 radical (unpaired) electrons. The number of halogens is 2. The highest BCUT2D eigenvalue weighted by atomic mass is 127. The van der Waals surface area contributed by atoms with E-state index in [1.807, 2.05) is 31.3 Å². The number of nitrogens with one attached hydrogen (secondary N) is 2. The van der Waals surface area contributed by atoms with Gasteiger partial charge >= 0.3 is 0 Å². The first kappa shape index (κ1) is 14.7. The molecule has 1 aromatic rings. The molecule has 0 atom stereocenters. The molecule has 0 spiro atoms. The monoisotopic (exact) mass is 340 g/mol. The van der Waals surface area contributed by atoms with Gasteiger partial charge < -0.3 is 10.6 Å². The van der Waals surface area contributed by atoms with Gasteiger partial charge in [0, 0.05) is 22.2 Å². The molecule has 1 aromatic carbocycles. The second kappa shape index (κ2) is 7.90. The van der Waals surface area contributed by atoms with E-state index < -0.39 is 0 Å². The van der Waals surface area contributed by atoms with Gasteiger partial charge in [0.25, 0.3) is 5.91 Å². The third-order valence-corrected chi connectivity index (χ3v) is 2.49. The van der Waals surface area contributed by atoms with E-state index in [4.69, 9.17) is 0 Å². The van der Waals surface area contributed by atoms with Gasteiger partial charge in [0.05, 0.1) is 0 Å². The second-order valence-electron chi connectivity index (χ2n) is 2.87. The Kier molecular flexibility index (Phi) is 7.72. The van der Waals surface area contributed by atoms with Gasteiger partial charge in [-0.15, -0.1) is 12.4 Å². The first-order chi connectivity index (χ1) is 6.74. The molecular weight excluding hydrogens is 326 g/mol. The number of rotatable bonds is 4. The maximum atomic E-state index is 11.5. The lowest BCUT2D eigenvalue weighted by Gasteiger charge is -2.04. The minimum Gasteiger partial charge on any atom is -0.351 e. The molecule has 1 rings (SSSR count). The number of hydrogen-bond acceptors (Lipinski definition) is 2. The summed E-state index contributed by atoms with van der Waals surface area (Å²) in [5.74, 6) is -0.0170. The van der Waals surface area contributed by atoms with Gasteiger partial charge in [-0.25, -0.2) is 0 Å². The van der Waals surface area contributed by atoms with Crippen molar-refractivity contribution in [2.45, 2.75) is 0 Å². The van der Waals surface area contributed by atoms with E-state index in [0.29, 0.717) is 12.1 Å². The number of amides is 1. The molecule has 0 bridgehead atoms. The minimum absolute atomic E-state index is 0. The molecule has 0 saturated carbocycles. The van der Waals surface area contributed by atoms with Crippen LogP contribution in [-0.2, 0) is 0 Å². The topological polar surface area (TPSA) is 41.1 Å². The summed E-state index contributed by atoms with van der Waals surface area (Å²) in [6.45, 7) is 1.44. The summed E-state index contributed by atoms with van der Waals surface area (Å²) in [4.78, 5) is 11.5. The number of carbonyl (C=O) groups is 1. The fourth-order valence-electron chi connectivity index (χ4n) is 1.00. The van der Waals surface area contributed by atoms with Crippen LogP contribution in [0.5, 0.6) is 0 Å². The molecule has 0 saturated heterocycles. The average molecular weight is 341 g/mol. The maximum Gasteiger partial charge on any atom is 0.251 e. The van der Waals surface area contributed by atoms with Crippen LogP contribution in [0, 0.1) is 3.57 Å². The zero-order valence-corrected chi connectivity index (χ0v) is 11.4. The van der Waals surface area contributed by atoms with Gasteiger partial charge in [-0.1, -0.05) is 0 Å². The van der Waals surface area contributed by atoms with E-state index in [1.54, 1.807) is 0 Å². The van der Waals surface area contributed by atoms with Gasteiger partial charge in [-0.05, 0) is 53.9 Å². The molecule has 0 aliphatic rings. The largest absolute Gasteiger partial charge is 0.351 e. The summed E-state index contributed by atoms with van der Waals surface area (Å²) in [6, 6.07) is 7.51. The standard InChI is InChI=1S/C10H13IN2O.ClH/c1-12-6-7-13-10(14)8-2-4-9(11)5-3-8;/h2-5,12H,6-7H2,1H3,(H,13,14);1H. The normalized spacial score (nSPS) is 9.20. The molecule has 2 N–H and O–H groups in total.